The fourth-order valence-corrected chi connectivity index (χ4v) is 2.88. The van der Waals surface area contributed by atoms with E-state index in [2.05, 4.69) is 24.1 Å². The number of hydrogen-bond acceptors (Lipinski definition) is 2. The van der Waals surface area contributed by atoms with Crippen molar-refractivity contribution in [1.29, 1.82) is 0 Å². The summed E-state index contributed by atoms with van der Waals surface area (Å²) in [7, 11) is 0. The highest BCUT2D eigenvalue weighted by molar-refractivity contribution is 5.92. The maximum absolute atomic E-state index is 13.4. The molecule has 19 heavy (non-hydrogen) atoms. The second-order valence-electron chi connectivity index (χ2n) is 5.67. The molecule has 1 fully saturated rings. The molecule has 1 N–H and O–H groups in total. The molecule has 1 aliphatic rings. The van der Waals surface area contributed by atoms with E-state index in [-0.39, 0.29) is 11.6 Å². The number of nitrogens with one attached hydrogen (secondary N) is 1. The summed E-state index contributed by atoms with van der Waals surface area (Å²) in [5.41, 5.74) is 0.255. The average Bonchev–Trinajstić information content (AvgIpc) is 2.30. The van der Waals surface area contributed by atoms with Gasteiger partial charge >= 0.3 is 0 Å². The molecule has 0 saturated carbocycles. The van der Waals surface area contributed by atoms with E-state index in [1.165, 1.54) is 12.5 Å². The molecule has 2 unspecified atom stereocenters. The lowest BCUT2D eigenvalue weighted by Crippen LogP contribution is -2.42. The number of carbonyl (C=O) groups is 1. The van der Waals surface area contributed by atoms with E-state index >= 15 is 0 Å². The van der Waals surface area contributed by atoms with Crippen LogP contribution in [-0.2, 0) is 4.79 Å². The lowest BCUT2D eigenvalue weighted by Gasteiger charge is -2.34. The molecule has 0 aromatic heterocycles. The van der Waals surface area contributed by atoms with Crippen molar-refractivity contribution >= 4 is 11.6 Å². The normalized spacial score (nSPS) is 24.2. The summed E-state index contributed by atoms with van der Waals surface area (Å²) in [6.07, 6.45) is 1.21. The van der Waals surface area contributed by atoms with Crippen molar-refractivity contribution in [3.63, 3.8) is 0 Å². The summed E-state index contributed by atoms with van der Waals surface area (Å²) in [5, 5.41) is 2.63. The molecule has 4 heteroatoms. The van der Waals surface area contributed by atoms with Crippen LogP contribution in [0.15, 0.2) is 24.3 Å². The molecular formula is C15H21FN2O. The van der Waals surface area contributed by atoms with Crippen LogP contribution in [0.4, 0.5) is 10.1 Å². The van der Waals surface area contributed by atoms with Crippen LogP contribution < -0.4 is 5.32 Å². The fraction of sp³-hybridized carbons (Fsp3) is 0.533. The van der Waals surface area contributed by atoms with Gasteiger partial charge in [0.15, 0.2) is 0 Å². The summed E-state index contributed by atoms with van der Waals surface area (Å²) < 4.78 is 13.4. The maximum Gasteiger partial charge on any atom is 0.238 e. The molecule has 0 aliphatic carbocycles. The Bertz CT molecular complexity index is 440. The van der Waals surface area contributed by atoms with Crippen LogP contribution in [0, 0.1) is 17.7 Å². The van der Waals surface area contributed by atoms with Crippen LogP contribution in [0.1, 0.15) is 20.3 Å². The molecular weight excluding hydrogens is 243 g/mol. The molecule has 1 aromatic carbocycles. The van der Waals surface area contributed by atoms with E-state index in [4.69, 9.17) is 0 Å². The zero-order chi connectivity index (χ0) is 13.8. The van der Waals surface area contributed by atoms with Crippen molar-refractivity contribution in [1.82, 2.24) is 4.90 Å². The smallest absolute Gasteiger partial charge is 0.238 e. The number of para-hydroxylation sites is 1. The second kappa shape index (κ2) is 6.15. The predicted octanol–water partition coefficient (Wildman–Crippen LogP) is 2.74. The van der Waals surface area contributed by atoms with Crippen LogP contribution in [0.25, 0.3) is 0 Å². The Labute approximate surface area is 113 Å². The second-order valence-corrected chi connectivity index (χ2v) is 5.67. The molecule has 1 saturated heterocycles. The SMILES string of the molecule is CC1CC(C)CN(CC(=O)Nc2ccccc2F)C1. The van der Waals surface area contributed by atoms with E-state index < -0.39 is 5.82 Å². The van der Waals surface area contributed by atoms with Crippen LogP contribution in [-0.4, -0.2) is 30.4 Å². The van der Waals surface area contributed by atoms with Crippen LogP contribution >= 0.6 is 0 Å². The highest BCUT2D eigenvalue weighted by Crippen LogP contribution is 2.20. The van der Waals surface area contributed by atoms with Crippen molar-refractivity contribution in [3.05, 3.63) is 30.1 Å². The van der Waals surface area contributed by atoms with Gasteiger partial charge in [0.25, 0.3) is 0 Å². The molecule has 1 amide bonds. The van der Waals surface area contributed by atoms with Gasteiger partial charge in [-0.15, -0.1) is 0 Å². The molecule has 0 bridgehead atoms. The lowest BCUT2D eigenvalue weighted by atomic mass is 9.92. The largest absolute Gasteiger partial charge is 0.322 e. The minimum atomic E-state index is -0.392. The number of rotatable bonds is 3. The minimum Gasteiger partial charge on any atom is -0.322 e. The number of hydrogen-bond donors (Lipinski definition) is 1. The summed E-state index contributed by atoms with van der Waals surface area (Å²) in [6, 6.07) is 6.25. The number of likely N-dealkylation sites (tertiary alicyclic amines) is 1. The molecule has 104 valence electrons. The van der Waals surface area contributed by atoms with E-state index in [1.807, 2.05) is 0 Å². The topological polar surface area (TPSA) is 32.3 Å². The summed E-state index contributed by atoms with van der Waals surface area (Å²) >= 11 is 0. The van der Waals surface area contributed by atoms with Gasteiger partial charge in [-0.05, 0) is 30.4 Å². The molecule has 2 atom stereocenters. The number of benzene rings is 1. The number of halogens is 1. The molecule has 1 aromatic rings. The van der Waals surface area contributed by atoms with Crippen molar-refractivity contribution in [2.75, 3.05) is 25.0 Å². The third-order valence-electron chi connectivity index (χ3n) is 3.46. The van der Waals surface area contributed by atoms with Gasteiger partial charge in [-0.25, -0.2) is 4.39 Å². The van der Waals surface area contributed by atoms with Gasteiger partial charge in [0.1, 0.15) is 5.82 Å². The average molecular weight is 264 g/mol. The summed E-state index contributed by atoms with van der Waals surface area (Å²) in [6.45, 7) is 6.63. The zero-order valence-electron chi connectivity index (χ0n) is 11.5. The third-order valence-corrected chi connectivity index (χ3v) is 3.46. The Balaban J connectivity index is 1.89. The Morgan fingerprint density at radius 2 is 1.95 bits per heavy atom. The summed E-state index contributed by atoms with van der Waals surface area (Å²) in [5.74, 6) is 0.692. The molecule has 3 nitrogen and oxygen atoms in total. The summed E-state index contributed by atoms with van der Waals surface area (Å²) in [4.78, 5) is 14.1. The molecule has 1 aliphatic heterocycles. The van der Waals surface area contributed by atoms with Gasteiger partial charge in [-0.1, -0.05) is 26.0 Å². The van der Waals surface area contributed by atoms with E-state index in [0.29, 0.717) is 18.4 Å². The lowest BCUT2D eigenvalue weighted by molar-refractivity contribution is -0.117. The standard InChI is InChI=1S/C15H21FN2O/c1-11-7-12(2)9-18(8-11)10-15(19)17-14-6-4-3-5-13(14)16/h3-6,11-12H,7-10H2,1-2H3,(H,17,19). The quantitative estimate of drug-likeness (QED) is 0.910. The van der Waals surface area contributed by atoms with Gasteiger partial charge in [0.05, 0.1) is 12.2 Å². The first-order valence-electron chi connectivity index (χ1n) is 6.81. The number of piperidine rings is 1. The van der Waals surface area contributed by atoms with Gasteiger partial charge in [-0.3, -0.25) is 9.69 Å². The highest BCUT2D eigenvalue weighted by atomic mass is 19.1. The van der Waals surface area contributed by atoms with Gasteiger partial charge in [-0.2, -0.15) is 0 Å². The minimum absolute atomic E-state index is 0.147. The Morgan fingerprint density at radius 3 is 2.58 bits per heavy atom. The first-order chi connectivity index (χ1) is 9.04. The van der Waals surface area contributed by atoms with Crippen LogP contribution in [0.3, 0.4) is 0 Å². The van der Waals surface area contributed by atoms with Crippen molar-refractivity contribution in [2.24, 2.45) is 11.8 Å². The van der Waals surface area contributed by atoms with Gasteiger partial charge in [0.2, 0.25) is 5.91 Å². The van der Waals surface area contributed by atoms with E-state index in [9.17, 15) is 9.18 Å². The number of amides is 1. The first-order valence-corrected chi connectivity index (χ1v) is 6.81. The Hall–Kier alpha value is -1.42. The third kappa shape index (κ3) is 4.03. The highest BCUT2D eigenvalue weighted by Gasteiger charge is 2.23. The predicted molar refractivity (Wildman–Crippen MR) is 74.4 cm³/mol. The number of anilines is 1. The number of nitrogens with zero attached hydrogens (tertiary/aromatic N) is 1. The van der Waals surface area contributed by atoms with E-state index in [0.717, 1.165) is 13.1 Å². The molecule has 2 rings (SSSR count). The Morgan fingerprint density at radius 1 is 1.32 bits per heavy atom. The molecule has 0 radical (unpaired) electrons. The van der Waals surface area contributed by atoms with Crippen molar-refractivity contribution in [3.8, 4) is 0 Å². The number of carbonyl (C=O) groups excluding carboxylic acids is 1. The van der Waals surface area contributed by atoms with Crippen LogP contribution in [0.2, 0.25) is 0 Å². The van der Waals surface area contributed by atoms with Gasteiger partial charge < -0.3 is 5.32 Å². The Kier molecular flexibility index (Phi) is 4.53. The molecule has 0 spiro atoms. The zero-order valence-corrected chi connectivity index (χ0v) is 11.5. The molecule has 1 heterocycles. The fourth-order valence-electron chi connectivity index (χ4n) is 2.88. The monoisotopic (exact) mass is 264 g/mol. The first kappa shape index (κ1) is 14.0. The van der Waals surface area contributed by atoms with Crippen LogP contribution in [0.5, 0.6) is 0 Å². The van der Waals surface area contributed by atoms with Crippen molar-refractivity contribution < 1.29 is 9.18 Å². The van der Waals surface area contributed by atoms with Crippen molar-refractivity contribution in [2.45, 2.75) is 20.3 Å². The van der Waals surface area contributed by atoms with E-state index in [1.54, 1.807) is 18.2 Å². The van der Waals surface area contributed by atoms with Gasteiger partial charge in [0, 0.05) is 13.1 Å². The maximum atomic E-state index is 13.4.